The van der Waals surface area contributed by atoms with Crippen molar-refractivity contribution in [2.45, 2.75) is 38.2 Å². The number of halogens is 1. The molecule has 1 aliphatic heterocycles. The van der Waals surface area contributed by atoms with E-state index in [9.17, 15) is 0 Å². The maximum Gasteiger partial charge on any atom is 0.146 e. The van der Waals surface area contributed by atoms with E-state index < -0.39 is 0 Å². The Bertz CT molecular complexity index is 619. The molecule has 1 unspecified atom stereocenters. The largest absolute Gasteiger partial charge is 0.494 e. The van der Waals surface area contributed by atoms with Crippen molar-refractivity contribution in [3.8, 4) is 5.75 Å². The van der Waals surface area contributed by atoms with E-state index in [-0.39, 0.29) is 0 Å². The third kappa shape index (κ3) is 2.74. The number of fused-ring (bicyclic) bond motifs is 1. The van der Waals surface area contributed by atoms with E-state index in [1.165, 1.54) is 25.9 Å². The standard InChI is InChI=1S/C16H22ClN3O/c1-12(19-8-3-4-9-19)11-20-13-6-5-7-14(21-2)16(13)18-15(20)10-17/h5-7,12H,3-4,8-11H2,1-2H3. The molecule has 0 aliphatic carbocycles. The fourth-order valence-electron chi connectivity index (χ4n) is 3.20. The number of hydrogen-bond donors (Lipinski definition) is 0. The molecule has 0 bridgehead atoms. The molecule has 1 atom stereocenters. The van der Waals surface area contributed by atoms with E-state index in [0.29, 0.717) is 11.9 Å². The van der Waals surface area contributed by atoms with Crippen molar-refractivity contribution in [2.24, 2.45) is 0 Å². The number of rotatable bonds is 5. The monoisotopic (exact) mass is 307 g/mol. The lowest BCUT2D eigenvalue weighted by atomic mass is 10.2. The molecule has 1 aromatic heterocycles. The van der Waals surface area contributed by atoms with Gasteiger partial charge in [0.2, 0.25) is 0 Å². The van der Waals surface area contributed by atoms with Crippen LogP contribution in [-0.4, -0.2) is 40.7 Å². The second-order valence-electron chi connectivity index (χ2n) is 5.69. The summed E-state index contributed by atoms with van der Waals surface area (Å²) in [5, 5.41) is 0. The van der Waals surface area contributed by atoms with Crippen LogP contribution in [0.25, 0.3) is 11.0 Å². The van der Waals surface area contributed by atoms with Crippen LogP contribution in [-0.2, 0) is 12.4 Å². The summed E-state index contributed by atoms with van der Waals surface area (Å²) in [5.74, 6) is 2.15. The van der Waals surface area contributed by atoms with Crippen molar-refractivity contribution in [1.82, 2.24) is 14.5 Å². The number of alkyl halides is 1. The Morgan fingerprint density at radius 3 is 2.76 bits per heavy atom. The van der Waals surface area contributed by atoms with Crippen molar-refractivity contribution in [3.63, 3.8) is 0 Å². The van der Waals surface area contributed by atoms with Gasteiger partial charge >= 0.3 is 0 Å². The first kappa shape index (κ1) is 14.7. The molecule has 5 heteroatoms. The summed E-state index contributed by atoms with van der Waals surface area (Å²) < 4.78 is 7.66. The second kappa shape index (κ2) is 6.24. The average Bonchev–Trinajstić information content (AvgIpc) is 3.14. The highest BCUT2D eigenvalue weighted by atomic mass is 35.5. The van der Waals surface area contributed by atoms with Crippen molar-refractivity contribution >= 4 is 22.6 Å². The summed E-state index contributed by atoms with van der Waals surface area (Å²) in [4.78, 5) is 7.21. The van der Waals surface area contributed by atoms with Gasteiger partial charge in [-0.3, -0.25) is 4.90 Å². The summed E-state index contributed by atoms with van der Waals surface area (Å²) >= 11 is 6.10. The van der Waals surface area contributed by atoms with Gasteiger partial charge < -0.3 is 9.30 Å². The van der Waals surface area contributed by atoms with Crippen molar-refractivity contribution < 1.29 is 4.74 Å². The van der Waals surface area contributed by atoms with Gasteiger partial charge in [-0.15, -0.1) is 11.6 Å². The van der Waals surface area contributed by atoms with Gasteiger partial charge in [0.1, 0.15) is 17.1 Å². The first-order valence-corrected chi connectivity index (χ1v) is 8.10. The Kier molecular flexibility index (Phi) is 4.36. The van der Waals surface area contributed by atoms with Crippen LogP contribution in [0.1, 0.15) is 25.6 Å². The molecule has 3 rings (SSSR count). The van der Waals surface area contributed by atoms with Gasteiger partial charge in [0.25, 0.3) is 0 Å². The molecule has 1 fully saturated rings. The quantitative estimate of drug-likeness (QED) is 0.794. The molecular weight excluding hydrogens is 286 g/mol. The molecule has 0 N–H and O–H groups in total. The number of hydrogen-bond acceptors (Lipinski definition) is 3. The van der Waals surface area contributed by atoms with E-state index in [4.69, 9.17) is 16.3 Å². The summed E-state index contributed by atoms with van der Waals surface area (Å²) in [6.45, 7) is 5.61. The highest BCUT2D eigenvalue weighted by molar-refractivity contribution is 6.16. The fourth-order valence-corrected chi connectivity index (χ4v) is 3.41. The predicted octanol–water partition coefficient (Wildman–Crippen LogP) is 3.27. The molecule has 0 spiro atoms. The zero-order valence-corrected chi connectivity index (χ0v) is 13.4. The number of nitrogens with zero attached hydrogens (tertiary/aromatic N) is 3. The number of ether oxygens (including phenoxy) is 1. The zero-order chi connectivity index (χ0) is 14.8. The number of aromatic nitrogens is 2. The number of methoxy groups -OCH3 is 1. The zero-order valence-electron chi connectivity index (χ0n) is 12.7. The lowest BCUT2D eigenvalue weighted by molar-refractivity contribution is 0.236. The molecule has 1 aromatic carbocycles. The minimum Gasteiger partial charge on any atom is -0.494 e. The average molecular weight is 308 g/mol. The van der Waals surface area contributed by atoms with Crippen LogP contribution >= 0.6 is 11.6 Å². The Balaban J connectivity index is 1.96. The summed E-state index contributed by atoms with van der Waals surface area (Å²) in [7, 11) is 1.68. The highest BCUT2D eigenvalue weighted by Crippen LogP contribution is 2.27. The summed E-state index contributed by atoms with van der Waals surface area (Å²) in [5.41, 5.74) is 2.01. The fraction of sp³-hybridized carbons (Fsp3) is 0.562. The maximum absolute atomic E-state index is 6.10. The van der Waals surface area contributed by atoms with Crippen LogP contribution in [0.2, 0.25) is 0 Å². The van der Waals surface area contributed by atoms with Gasteiger partial charge in [-0.1, -0.05) is 6.07 Å². The smallest absolute Gasteiger partial charge is 0.146 e. The summed E-state index contributed by atoms with van der Waals surface area (Å²) in [6.07, 6.45) is 2.62. The Morgan fingerprint density at radius 1 is 1.33 bits per heavy atom. The Morgan fingerprint density at radius 2 is 2.10 bits per heavy atom. The van der Waals surface area contributed by atoms with Crippen molar-refractivity contribution in [3.05, 3.63) is 24.0 Å². The molecule has 2 aromatic rings. The molecule has 4 nitrogen and oxygen atoms in total. The van der Waals surface area contributed by atoms with E-state index in [1.807, 2.05) is 12.1 Å². The molecular formula is C16H22ClN3O. The van der Waals surface area contributed by atoms with Crippen LogP contribution in [0.5, 0.6) is 5.75 Å². The lowest BCUT2D eigenvalue weighted by Crippen LogP contribution is -2.34. The predicted molar refractivity (Wildman–Crippen MR) is 86.1 cm³/mol. The molecule has 21 heavy (non-hydrogen) atoms. The van der Waals surface area contributed by atoms with Crippen molar-refractivity contribution in [2.75, 3.05) is 20.2 Å². The Hall–Kier alpha value is -1.26. The van der Waals surface area contributed by atoms with Crippen LogP contribution in [0, 0.1) is 0 Å². The third-order valence-corrected chi connectivity index (χ3v) is 4.61. The SMILES string of the molecule is COc1cccc2c1nc(CCl)n2CC(C)N1CCCC1. The van der Waals surface area contributed by atoms with E-state index in [0.717, 1.165) is 29.2 Å². The Labute approximate surface area is 130 Å². The number of imidazole rings is 1. The van der Waals surface area contributed by atoms with Crippen LogP contribution in [0.4, 0.5) is 0 Å². The van der Waals surface area contributed by atoms with Crippen LogP contribution < -0.4 is 4.74 Å². The minimum atomic E-state index is 0.421. The van der Waals surface area contributed by atoms with E-state index >= 15 is 0 Å². The molecule has 0 saturated carbocycles. The topological polar surface area (TPSA) is 30.3 Å². The number of likely N-dealkylation sites (tertiary alicyclic amines) is 1. The molecule has 1 aliphatic rings. The second-order valence-corrected chi connectivity index (χ2v) is 5.96. The molecule has 114 valence electrons. The normalized spacial score (nSPS) is 17.5. The summed E-state index contributed by atoms with van der Waals surface area (Å²) in [6, 6.07) is 6.55. The lowest BCUT2D eigenvalue weighted by Gasteiger charge is -2.25. The van der Waals surface area contributed by atoms with Gasteiger partial charge in [-0.25, -0.2) is 4.98 Å². The van der Waals surface area contributed by atoms with Gasteiger partial charge in [-0.05, 0) is 45.0 Å². The molecule has 0 amide bonds. The van der Waals surface area contributed by atoms with Gasteiger partial charge in [0, 0.05) is 12.6 Å². The van der Waals surface area contributed by atoms with Crippen molar-refractivity contribution in [1.29, 1.82) is 0 Å². The molecule has 0 radical (unpaired) electrons. The first-order chi connectivity index (χ1) is 10.2. The number of benzene rings is 1. The molecule has 1 saturated heterocycles. The van der Waals surface area contributed by atoms with E-state index in [2.05, 4.69) is 27.4 Å². The minimum absolute atomic E-state index is 0.421. The van der Waals surface area contributed by atoms with Gasteiger partial charge in [0.05, 0.1) is 18.5 Å². The number of para-hydroxylation sites is 1. The van der Waals surface area contributed by atoms with Crippen LogP contribution in [0.3, 0.4) is 0 Å². The van der Waals surface area contributed by atoms with Gasteiger partial charge in [0.15, 0.2) is 0 Å². The van der Waals surface area contributed by atoms with Crippen LogP contribution in [0.15, 0.2) is 18.2 Å². The first-order valence-electron chi connectivity index (χ1n) is 7.56. The molecule has 2 heterocycles. The van der Waals surface area contributed by atoms with E-state index in [1.54, 1.807) is 7.11 Å². The maximum atomic E-state index is 6.10. The third-order valence-electron chi connectivity index (χ3n) is 4.37. The highest BCUT2D eigenvalue weighted by Gasteiger charge is 2.21. The van der Waals surface area contributed by atoms with Gasteiger partial charge in [-0.2, -0.15) is 0 Å².